The highest BCUT2D eigenvalue weighted by Crippen LogP contribution is 2.35. The smallest absolute Gasteiger partial charge is 0.349 e. The van der Waals surface area contributed by atoms with Crippen LogP contribution in [0.4, 0.5) is 5.00 Å². The maximum atomic E-state index is 12.6. The van der Waals surface area contributed by atoms with Crippen molar-refractivity contribution in [1.82, 2.24) is 0 Å². The first-order chi connectivity index (χ1) is 13.0. The molecule has 0 aliphatic carbocycles. The lowest BCUT2D eigenvalue weighted by Crippen LogP contribution is -2.23. The Labute approximate surface area is 172 Å². The summed E-state index contributed by atoms with van der Waals surface area (Å²) >= 11 is 6.91. The number of carbonyl (C=O) groups excluding carboxylic acids is 3. The monoisotopic (exact) mass is 423 g/mol. The number of halogens is 1. The summed E-state index contributed by atoms with van der Waals surface area (Å²) in [6.07, 6.45) is 0. The van der Waals surface area contributed by atoms with Crippen LogP contribution < -0.4 is 5.32 Å². The Kier molecular flexibility index (Phi) is 6.85. The Morgan fingerprint density at radius 3 is 2.43 bits per heavy atom. The van der Waals surface area contributed by atoms with E-state index in [1.54, 1.807) is 52.8 Å². The number of nitrogens with one attached hydrogen (secondary N) is 1. The minimum atomic E-state index is -0.693. The van der Waals surface area contributed by atoms with E-state index >= 15 is 0 Å². The Morgan fingerprint density at radius 1 is 1.18 bits per heavy atom. The molecular weight excluding hydrogens is 402 g/mol. The lowest BCUT2D eigenvalue weighted by atomic mass is 10.1. The van der Waals surface area contributed by atoms with Gasteiger partial charge in [0.1, 0.15) is 15.5 Å². The first kappa shape index (κ1) is 21.9. The second-order valence-corrected chi connectivity index (χ2v) is 8.40. The molecule has 2 aromatic rings. The van der Waals surface area contributed by atoms with Gasteiger partial charge in [-0.3, -0.25) is 4.79 Å². The summed E-state index contributed by atoms with van der Waals surface area (Å²) in [5.74, 6) is -1.64. The largest absolute Gasteiger partial charge is 0.462 e. The SMILES string of the molecule is CCOC(=O)c1c(NC(=O)c2cccc(Cl)c2)sc(C(=O)OC(C)(C)C)c1C. The molecule has 28 heavy (non-hydrogen) atoms. The Hall–Kier alpha value is -2.38. The van der Waals surface area contributed by atoms with E-state index in [4.69, 9.17) is 21.1 Å². The zero-order valence-electron chi connectivity index (χ0n) is 16.3. The molecular formula is C20H22ClNO5S. The van der Waals surface area contributed by atoms with Crippen LogP contribution in [-0.2, 0) is 9.47 Å². The first-order valence-electron chi connectivity index (χ1n) is 8.64. The molecule has 1 heterocycles. The number of esters is 2. The molecule has 1 amide bonds. The van der Waals surface area contributed by atoms with Crippen molar-refractivity contribution in [2.45, 2.75) is 40.2 Å². The van der Waals surface area contributed by atoms with E-state index in [0.29, 0.717) is 16.1 Å². The van der Waals surface area contributed by atoms with E-state index < -0.39 is 23.4 Å². The van der Waals surface area contributed by atoms with Crippen molar-refractivity contribution >= 4 is 45.8 Å². The molecule has 6 nitrogen and oxygen atoms in total. The fourth-order valence-corrected chi connectivity index (χ4v) is 3.63. The molecule has 0 aliphatic rings. The topological polar surface area (TPSA) is 81.7 Å². The molecule has 150 valence electrons. The molecule has 8 heteroatoms. The summed E-state index contributed by atoms with van der Waals surface area (Å²) < 4.78 is 10.5. The summed E-state index contributed by atoms with van der Waals surface area (Å²) in [6.45, 7) is 8.72. The van der Waals surface area contributed by atoms with Crippen molar-refractivity contribution in [3.63, 3.8) is 0 Å². The number of hydrogen-bond donors (Lipinski definition) is 1. The third-order valence-corrected chi connectivity index (χ3v) is 4.95. The highest BCUT2D eigenvalue weighted by Gasteiger charge is 2.29. The lowest BCUT2D eigenvalue weighted by Gasteiger charge is -2.19. The minimum Gasteiger partial charge on any atom is -0.462 e. The molecule has 0 saturated heterocycles. The van der Waals surface area contributed by atoms with Crippen molar-refractivity contribution in [3.8, 4) is 0 Å². The third kappa shape index (κ3) is 5.33. The van der Waals surface area contributed by atoms with E-state index in [1.807, 2.05) is 0 Å². The van der Waals surface area contributed by atoms with Gasteiger partial charge in [-0.1, -0.05) is 17.7 Å². The third-order valence-electron chi connectivity index (χ3n) is 3.52. The van der Waals surface area contributed by atoms with Gasteiger partial charge in [0.25, 0.3) is 5.91 Å². The maximum absolute atomic E-state index is 12.6. The summed E-state index contributed by atoms with van der Waals surface area (Å²) in [5, 5.41) is 3.32. The molecule has 0 spiro atoms. The molecule has 0 bridgehead atoms. The second-order valence-electron chi connectivity index (χ2n) is 6.95. The molecule has 1 aromatic heterocycles. The maximum Gasteiger partial charge on any atom is 0.349 e. The molecule has 0 atom stereocenters. The van der Waals surface area contributed by atoms with Crippen LogP contribution >= 0.6 is 22.9 Å². The number of hydrogen-bond acceptors (Lipinski definition) is 6. The molecule has 2 rings (SSSR count). The average molecular weight is 424 g/mol. The number of anilines is 1. The van der Waals surface area contributed by atoms with E-state index in [2.05, 4.69) is 5.32 Å². The highest BCUT2D eigenvalue weighted by atomic mass is 35.5. The molecule has 1 aromatic carbocycles. The Balaban J connectivity index is 2.43. The van der Waals surface area contributed by atoms with Crippen molar-refractivity contribution in [3.05, 3.63) is 50.9 Å². The summed E-state index contributed by atoms with van der Waals surface area (Å²) in [4.78, 5) is 37.8. The number of benzene rings is 1. The van der Waals surface area contributed by atoms with Gasteiger partial charge in [-0.2, -0.15) is 0 Å². The molecule has 0 fully saturated rings. The fraction of sp³-hybridized carbons (Fsp3) is 0.350. The lowest BCUT2D eigenvalue weighted by molar-refractivity contribution is 0.00744. The van der Waals surface area contributed by atoms with Crippen LogP contribution in [0.5, 0.6) is 0 Å². The van der Waals surface area contributed by atoms with Gasteiger partial charge < -0.3 is 14.8 Å². The number of amides is 1. The van der Waals surface area contributed by atoms with E-state index in [0.717, 1.165) is 11.3 Å². The summed E-state index contributed by atoms with van der Waals surface area (Å²) in [5.41, 5.74) is 0.177. The van der Waals surface area contributed by atoms with Crippen LogP contribution in [0.15, 0.2) is 24.3 Å². The van der Waals surface area contributed by atoms with E-state index in [1.165, 1.54) is 6.07 Å². The second kappa shape index (κ2) is 8.75. The van der Waals surface area contributed by atoms with Gasteiger partial charge in [0.05, 0.1) is 12.2 Å². The molecule has 0 radical (unpaired) electrons. The van der Waals surface area contributed by atoms with Gasteiger partial charge in [-0.25, -0.2) is 9.59 Å². The van der Waals surface area contributed by atoms with Crippen LogP contribution in [0.25, 0.3) is 0 Å². The predicted octanol–water partition coefficient (Wildman–Crippen LogP) is 5.09. The van der Waals surface area contributed by atoms with Gasteiger partial charge in [0, 0.05) is 10.6 Å². The zero-order valence-corrected chi connectivity index (χ0v) is 17.9. The van der Waals surface area contributed by atoms with Crippen molar-refractivity contribution in [2.75, 3.05) is 11.9 Å². The number of thiophene rings is 1. The number of rotatable bonds is 5. The van der Waals surface area contributed by atoms with Crippen molar-refractivity contribution < 1.29 is 23.9 Å². The quantitative estimate of drug-likeness (QED) is 0.677. The van der Waals surface area contributed by atoms with E-state index in [-0.39, 0.29) is 22.0 Å². The van der Waals surface area contributed by atoms with E-state index in [9.17, 15) is 14.4 Å². The van der Waals surface area contributed by atoms with Crippen molar-refractivity contribution in [1.29, 1.82) is 0 Å². The minimum absolute atomic E-state index is 0.142. The first-order valence-corrected chi connectivity index (χ1v) is 9.83. The zero-order chi connectivity index (χ0) is 21.1. The molecule has 0 unspecified atom stereocenters. The molecule has 0 saturated carbocycles. The Bertz CT molecular complexity index is 914. The van der Waals surface area contributed by atoms with Gasteiger partial charge in [-0.05, 0) is 58.4 Å². The van der Waals surface area contributed by atoms with Crippen LogP contribution in [-0.4, -0.2) is 30.1 Å². The summed E-state index contributed by atoms with van der Waals surface area (Å²) in [7, 11) is 0. The van der Waals surface area contributed by atoms with Crippen molar-refractivity contribution in [2.24, 2.45) is 0 Å². The van der Waals surface area contributed by atoms with Gasteiger partial charge in [-0.15, -0.1) is 11.3 Å². The average Bonchev–Trinajstić information content (AvgIpc) is 2.90. The van der Waals surface area contributed by atoms with Crippen LogP contribution in [0.3, 0.4) is 0 Å². The molecule has 0 aliphatic heterocycles. The van der Waals surface area contributed by atoms with Crippen LogP contribution in [0.2, 0.25) is 5.02 Å². The Morgan fingerprint density at radius 2 is 1.86 bits per heavy atom. The molecule has 1 N–H and O–H groups in total. The number of carbonyl (C=O) groups is 3. The highest BCUT2D eigenvalue weighted by molar-refractivity contribution is 7.18. The van der Waals surface area contributed by atoms with Gasteiger partial charge >= 0.3 is 11.9 Å². The van der Waals surface area contributed by atoms with Crippen LogP contribution in [0.1, 0.15) is 63.6 Å². The predicted molar refractivity (Wildman–Crippen MR) is 110 cm³/mol. The van der Waals surface area contributed by atoms with Gasteiger partial charge in [0.2, 0.25) is 0 Å². The number of ether oxygens (including phenoxy) is 2. The standard InChI is InChI=1S/C20H22ClNO5S/c1-6-26-18(24)14-11(2)15(19(25)27-20(3,4)5)28-17(14)22-16(23)12-8-7-9-13(21)10-12/h7-10H,6H2,1-5H3,(H,22,23). The summed E-state index contributed by atoms with van der Waals surface area (Å²) in [6, 6.07) is 6.41. The van der Waals surface area contributed by atoms with Crippen LogP contribution in [0, 0.1) is 6.92 Å². The normalized spacial score (nSPS) is 11.1. The fourth-order valence-electron chi connectivity index (χ4n) is 2.37. The van der Waals surface area contributed by atoms with Gasteiger partial charge in [0.15, 0.2) is 0 Å².